The average Bonchev–Trinajstić information content (AvgIpc) is 3.30. The number of carbonyl (C=O) groups is 3. The van der Waals surface area contributed by atoms with Gasteiger partial charge in [-0.3, -0.25) is 14.4 Å². The second-order valence-electron chi connectivity index (χ2n) is 18.5. The monoisotopic (exact) mass is 909 g/mol. The first-order valence-electron chi connectivity index (χ1n) is 27.8. The molecule has 65 heavy (non-hydrogen) atoms. The van der Waals surface area contributed by atoms with Crippen LogP contribution in [-0.2, 0) is 28.6 Å². The van der Waals surface area contributed by atoms with E-state index < -0.39 is 6.10 Å². The fraction of sp³-hybridized carbons (Fsp3) is 0.780. The van der Waals surface area contributed by atoms with Crippen LogP contribution in [0.4, 0.5) is 0 Å². The summed E-state index contributed by atoms with van der Waals surface area (Å²) in [4.78, 5) is 37.8. The van der Waals surface area contributed by atoms with Crippen molar-refractivity contribution in [3.8, 4) is 0 Å². The van der Waals surface area contributed by atoms with Crippen LogP contribution >= 0.6 is 0 Å². The Kier molecular flexibility index (Phi) is 51.3. The van der Waals surface area contributed by atoms with E-state index in [4.69, 9.17) is 14.2 Å². The first kappa shape index (κ1) is 62.1. The van der Waals surface area contributed by atoms with Crippen LogP contribution in [0.5, 0.6) is 0 Å². The zero-order chi connectivity index (χ0) is 47.2. The summed E-state index contributed by atoms with van der Waals surface area (Å²) in [6.07, 6.45) is 66.7. The maximum absolute atomic E-state index is 12.8. The van der Waals surface area contributed by atoms with Gasteiger partial charge in [0.2, 0.25) is 0 Å². The topological polar surface area (TPSA) is 78.9 Å². The standard InChI is InChI=1S/C59H104O6/c1-4-7-10-13-16-18-20-22-24-26-28-29-30-31-32-34-35-37-39-41-43-46-49-52-58(61)64-55-56(54-63-57(60)51-48-45-15-12-9-6-3)65-59(62)53-50-47-44-42-40-38-36-33-27-25-23-21-19-17-14-11-8-5-2/h7,10,16,18,22,24,28-29,31-32,56H,4-6,8-9,11-15,17,19-21,23,25-27,30,33-55H2,1-3H3/b10-7-,18-16-,24-22-,29-28-,32-31-. The minimum atomic E-state index is -0.773. The van der Waals surface area contributed by atoms with Crippen molar-refractivity contribution >= 4 is 17.9 Å². The molecule has 0 spiro atoms. The lowest BCUT2D eigenvalue weighted by Gasteiger charge is -2.18. The molecule has 0 heterocycles. The SMILES string of the molecule is CC/C=C\C/C=C\C/C=C\C/C=C\C/C=C\CCCCCCCCCC(=O)OCC(COC(=O)CCCCCCCC)OC(=O)CCCCCCCCCCCCCCCCCCCC. The van der Waals surface area contributed by atoms with E-state index in [1.807, 2.05) is 0 Å². The first-order valence-corrected chi connectivity index (χ1v) is 27.8. The van der Waals surface area contributed by atoms with Crippen molar-refractivity contribution in [2.45, 2.75) is 284 Å². The Morgan fingerprint density at radius 3 is 0.938 bits per heavy atom. The third kappa shape index (κ3) is 51.9. The number of carbonyl (C=O) groups excluding carboxylic acids is 3. The summed E-state index contributed by atoms with van der Waals surface area (Å²) < 4.78 is 16.7. The van der Waals surface area contributed by atoms with Crippen molar-refractivity contribution in [1.82, 2.24) is 0 Å². The van der Waals surface area contributed by atoms with Gasteiger partial charge < -0.3 is 14.2 Å². The van der Waals surface area contributed by atoms with E-state index >= 15 is 0 Å². The lowest BCUT2D eigenvalue weighted by atomic mass is 10.0. The van der Waals surface area contributed by atoms with Crippen LogP contribution in [0.1, 0.15) is 278 Å². The molecule has 0 bridgehead atoms. The van der Waals surface area contributed by atoms with Crippen LogP contribution in [0, 0.1) is 0 Å². The van der Waals surface area contributed by atoms with Gasteiger partial charge in [0, 0.05) is 19.3 Å². The normalized spacial score (nSPS) is 12.5. The molecule has 0 aliphatic carbocycles. The van der Waals surface area contributed by atoms with Gasteiger partial charge in [-0.25, -0.2) is 0 Å². The van der Waals surface area contributed by atoms with Crippen molar-refractivity contribution < 1.29 is 28.6 Å². The van der Waals surface area contributed by atoms with E-state index in [0.29, 0.717) is 19.3 Å². The van der Waals surface area contributed by atoms with Gasteiger partial charge in [-0.05, 0) is 64.2 Å². The van der Waals surface area contributed by atoms with Crippen molar-refractivity contribution in [3.63, 3.8) is 0 Å². The van der Waals surface area contributed by atoms with Gasteiger partial charge in [0.15, 0.2) is 6.10 Å². The minimum Gasteiger partial charge on any atom is -0.462 e. The van der Waals surface area contributed by atoms with E-state index in [2.05, 4.69) is 81.5 Å². The van der Waals surface area contributed by atoms with Gasteiger partial charge in [0.1, 0.15) is 13.2 Å². The number of hydrogen-bond acceptors (Lipinski definition) is 6. The maximum Gasteiger partial charge on any atom is 0.306 e. The molecule has 6 heteroatoms. The summed E-state index contributed by atoms with van der Waals surface area (Å²) in [5.41, 5.74) is 0. The molecule has 0 fully saturated rings. The van der Waals surface area contributed by atoms with Crippen LogP contribution in [0.3, 0.4) is 0 Å². The predicted molar refractivity (Wildman–Crippen MR) is 279 cm³/mol. The van der Waals surface area contributed by atoms with Crippen LogP contribution in [0.15, 0.2) is 60.8 Å². The molecule has 376 valence electrons. The number of ether oxygens (including phenoxy) is 3. The summed E-state index contributed by atoms with van der Waals surface area (Å²) in [5.74, 6) is -0.886. The Bertz CT molecular complexity index is 1180. The lowest BCUT2D eigenvalue weighted by molar-refractivity contribution is -0.167. The van der Waals surface area contributed by atoms with Crippen molar-refractivity contribution in [3.05, 3.63) is 60.8 Å². The number of unbranched alkanes of at least 4 members (excludes halogenated alkanes) is 29. The van der Waals surface area contributed by atoms with Gasteiger partial charge in [0.05, 0.1) is 0 Å². The molecular weight excluding hydrogens is 805 g/mol. The largest absolute Gasteiger partial charge is 0.462 e. The Labute approximate surface area is 402 Å². The molecular formula is C59H104O6. The molecule has 0 aromatic carbocycles. The van der Waals surface area contributed by atoms with Gasteiger partial charge in [-0.15, -0.1) is 0 Å². The first-order chi connectivity index (χ1) is 32.0. The van der Waals surface area contributed by atoms with E-state index in [1.54, 1.807) is 0 Å². The minimum absolute atomic E-state index is 0.0755. The Morgan fingerprint density at radius 2 is 0.600 bits per heavy atom. The second kappa shape index (κ2) is 53.7. The van der Waals surface area contributed by atoms with Crippen LogP contribution in [0.2, 0.25) is 0 Å². The summed E-state index contributed by atoms with van der Waals surface area (Å²) in [7, 11) is 0. The van der Waals surface area contributed by atoms with E-state index in [-0.39, 0.29) is 31.1 Å². The predicted octanol–water partition coefficient (Wildman–Crippen LogP) is 18.4. The third-order valence-electron chi connectivity index (χ3n) is 12.0. The van der Waals surface area contributed by atoms with E-state index in [9.17, 15) is 14.4 Å². The van der Waals surface area contributed by atoms with Crippen LogP contribution in [0.25, 0.3) is 0 Å². The van der Waals surface area contributed by atoms with Crippen LogP contribution in [-0.4, -0.2) is 37.2 Å². The summed E-state index contributed by atoms with van der Waals surface area (Å²) in [6.45, 7) is 6.48. The summed E-state index contributed by atoms with van der Waals surface area (Å²) in [5, 5.41) is 0. The van der Waals surface area contributed by atoms with Gasteiger partial charge >= 0.3 is 17.9 Å². The molecule has 0 aromatic rings. The second-order valence-corrected chi connectivity index (χ2v) is 18.5. The van der Waals surface area contributed by atoms with Gasteiger partial charge in [0.25, 0.3) is 0 Å². The molecule has 0 aliphatic rings. The van der Waals surface area contributed by atoms with Crippen molar-refractivity contribution in [2.24, 2.45) is 0 Å². The van der Waals surface area contributed by atoms with Crippen molar-refractivity contribution in [1.29, 1.82) is 0 Å². The van der Waals surface area contributed by atoms with Gasteiger partial charge in [-0.2, -0.15) is 0 Å². The number of esters is 3. The van der Waals surface area contributed by atoms with Crippen LogP contribution < -0.4 is 0 Å². The molecule has 0 N–H and O–H groups in total. The van der Waals surface area contributed by atoms with Gasteiger partial charge in [-0.1, -0.05) is 255 Å². The molecule has 0 aliphatic heterocycles. The third-order valence-corrected chi connectivity index (χ3v) is 12.0. The molecule has 0 rings (SSSR count). The number of hydrogen-bond donors (Lipinski definition) is 0. The highest BCUT2D eigenvalue weighted by atomic mass is 16.6. The summed E-state index contributed by atoms with van der Waals surface area (Å²) in [6, 6.07) is 0. The highest BCUT2D eigenvalue weighted by Crippen LogP contribution is 2.16. The Hall–Kier alpha value is -2.89. The Balaban J connectivity index is 4.17. The fourth-order valence-electron chi connectivity index (χ4n) is 7.88. The quantitative estimate of drug-likeness (QED) is 0.0262. The molecule has 0 aromatic heterocycles. The molecule has 0 amide bonds. The summed E-state index contributed by atoms with van der Waals surface area (Å²) >= 11 is 0. The van der Waals surface area contributed by atoms with Crippen molar-refractivity contribution in [2.75, 3.05) is 13.2 Å². The molecule has 1 atom stereocenters. The molecule has 6 nitrogen and oxygen atoms in total. The molecule has 0 radical (unpaired) electrons. The van der Waals surface area contributed by atoms with E-state index in [1.165, 1.54) is 141 Å². The highest BCUT2D eigenvalue weighted by Gasteiger charge is 2.19. The molecule has 0 saturated heterocycles. The lowest BCUT2D eigenvalue weighted by Crippen LogP contribution is -2.30. The zero-order valence-electron chi connectivity index (χ0n) is 43.0. The molecule has 0 saturated carbocycles. The molecule has 1 unspecified atom stereocenters. The number of rotatable bonds is 50. The highest BCUT2D eigenvalue weighted by molar-refractivity contribution is 5.71. The average molecular weight is 909 g/mol. The Morgan fingerprint density at radius 1 is 0.323 bits per heavy atom. The fourth-order valence-corrected chi connectivity index (χ4v) is 7.88. The zero-order valence-corrected chi connectivity index (χ0v) is 43.0. The maximum atomic E-state index is 12.8. The van der Waals surface area contributed by atoms with E-state index in [0.717, 1.165) is 96.3 Å². The number of allylic oxidation sites excluding steroid dienone is 10. The smallest absolute Gasteiger partial charge is 0.306 e.